The highest BCUT2D eigenvalue weighted by Crippen LogP contribution is 2.26. The average Bonchev–Trinajstić information content (AvgIpc) is 2.78. The zero-order chi connectivity index (χ0) is 22.0. The van der Waals surface area contributed by atoms with Crippen LogP contribution in [-0.2, 0) is 4.79 Å². The van der Waals surface area contributed by atoms with E-state index < -0.39 is 5.97 Å². The van der Waals surface area contributed by atoms with Gasteiger partial charge in [-0.25, -0.2) is 0 Å². The Morgan fingerprint density at radius 1 is 0.938 bits per heavy atom. The second-order valence-corrected chi connectivity index (χ2v) is 9.08. The van der Waals surface area contributed by atoms with Crippen molar-refractivity contribution in [1.82, 2.24) is 9.80 Å². The molecule has 1 amide bonds. The van der Waals surface area contributed by atoms with Crippen LogP contribution in [0.5, 0.6) is 5.75 Å². The third-order valence-electron chi connectivity index (χ3n) is 6.70. The smallest absolute Gasteiger partial charge is 0.306 e. The van der Waals surface area contributed by atoms with Crippen molar-refractivity contribution in [2.75, 3.05) is 26.2 Å². The molecule has 4 rings (SSSR count). The molecule has 2 aliphatic heterocycles. The summed E-state index contributed by atoms with van der Waals surface area (Å²) in [4.78, 5) is 28.3. The fourth-order valence-electron chi connectivity index (χ4n) is 4.64. The summed E-state index contributed by atoms with van der Waals surface area (Å²) in [6, 6.07) is 12.4. The van der Waals surface area contributed by atoms with Crippen LogP contribution in [0.15, 0.2) is 36.4 Å². The minimum atomic E-state index is -0.763. The van der Waals surface area contributed by atoms with Gasteiger partial charge in [-0.1, -0.05) is 12.1 Å². The van der Waals surface area contributed by atoms with Gasteiger partial charge >= 0.3 is 5.97 Å². The number of likely N-dealkylation sites (tertiary alicyclic amines) is 2. The maximum atomic E-state index is 12.9. The molecule has 0 saturated carbocycles. The van der Waals surface area contributed by atoms with E-state index in [-0.39, 0.29) is 30.3 Å². The number of nitrogens with zero attached hydrogens (tertiary/aromatic N) is 2. The monoisotopic (exact) mass is 460 g/mol. The Kier molecular flexibility index (Phi) is 8.01. The van der Waals surface area contributed by atoms with Gasteiger partial charge in [-0.05, 0) is 74.6 Å². The molecule has 6 nitrogen and oxygen atoms in total. The number of piperidine rings is 2. The summed E-state index contributed by atoms with van der Waals surface area (Å²) in [5.41, 5.74) is 0.649. The quantitative estimate of drug-likeness (QED) is 0.713. The van der Waals surface area contributed by atoms with Crippen molar-refractivity contribution >= 4 is 35.1 Å². The van der Waals surface area contributed by atoms with E-state index in [9.17, 15) is 9.59 Å². The number of rotatable bonds is 5. The highest BCUT2D eigenvalue weighted by molar-refractivity contribution is 5.99. The molecule has 0 aromatic heterocycles. The third kappa shape index (κ3) is 5.54. The number of amides is 1. The van der Waals surface area contributed by atoms with Crippen molar-refractivity contribution in [3.8, 4) is 5.75 Å². The summed E-state index contributed by atoms with van der Waals surface area (Å²) in [7, 11) is 0. The van der Waals surface area contributed by atoms with Crippen molar-refractivity contribution in [2.45, 2.75) is 51.7 Å². The van der Waals surface area contributed by atoms with Crippen LogP contribution >= 0.6 is 12.4 Å². The van der Waals surface area contributed by atoms with Crippen LogP contribution in [-0.4, -0.2) is 65.1 Å². The summed E-state index contributed by atoms with van der Waals surface area (Å²) in [6.45, 7) is 7.62. The Bertz CT molecular complexity index is 948. The van der Waals surface area contributed by atoms with Crippen molar-refractivity contribution in [3.05, 3.63) is 42.0 Å². The van der Waals surface area contributed by atoms with E-state index in [1.54, 1.807) is 4.90 Å². The highest BCUT2D eigenvalue weighted by Gasteiger charge is 2.27. The maximum Gasteiger partial charge on any atom is 0.306 e. The number of benzene rings is 2. The number of halogens is 1. The van der Waals surface area contributed by atoms with Gasteiger partial charge in [0.2, 0.25) is 0 Å². The molecule has 0 radical (unpaired) electrons. The molecule has 2 aliphatic rings. The molecule has 1 N–H and O–H groups in total. The number of carbonyl (C=O) groups is 2. The number of carboxylic acid groups (broad SMARTS) is 1. The molecule has 0 spiro atoms. The topological polar surface area (TPSA) is 70.1 Å². The van der Waals surface area contributed by atoms with Crippen molar-refractivity contribution in [3.63, 3.8) is 0 Å². The first-order valence-corrected chi connectivity index (χ1v) is 11.4. The number of ether oxygens (including phenoxy) is 1. The molecule has 174 valence electrons. The van der Waals surface area contributed by atoms with Crippen LogP contribution in [0.2, 0.25) is 0 Å². The average molecular weight is 461 g/mol. The van der Waals surface area contributed by atoms with E-state index in [0.29, 0.717) is 37.5 Å². The molecule has 2 saturated heterocycles. The second kappa shape index (κ2) is 10.5. The van der Waals surface area contributed by atoms with Gasteiger partial charge in [0.25, 0.3) is 5.91 Å². The maximum absolute atomic E-state index is 12.9. The van der Waals surface area contributed by atoms with Gasteiger partial charge < -0.3 is 19.6 Å². The van der Waals surface area contributed by atoms with Gasteiger partial charge in [0.1, 0.15) is 11.9 Å². The molecule has 0 bridgehead atoms. The Labute approximate surface area is 195 Å². The van der Waals surface area contributed by atoms with Crippen LogP contribution in [0.4, 0.5) is 0 Å². The fraction of sp³-hybridized carbons (Fsp3) is 0.520. The Morgan fingerprint density at radius 3 is 2.19 bits per heavy atom. The number of aliphatic carboxylic acids is 1. The Balaban J connectivity index is 0.00000289. The molecule has 2 heterocycles. The lowest BCUT2D eigenvalue weighted by Gasteiger charge is -2.34. The van der Waals surface area contributed by atoms with Crippen LogP contribution in [0.25, 0.3) is 10.8 Å². The molecular formula is C25H33ClN2O4. The summed E-state index contributed by atoms with van der Waals surface area (Å²) in [5.74, 6) is -0.244. The van der Waals surface area contributed by atoms with Gasteiger partial charge in [-0.2, -0.15) is 0 Å². The van der Waals surface area contributed by atoms with E-state index in [1.165, 1.54) is 0 Å². The van der Waals surface area contributed by atoms with Crippen LogP contribution < -0.4 is 4.74 Å². The van der Waals surface area contributed by atoms with Gasteiger partial charge in [-0.3, -0.25) is 9.59 Å². The van der Waals surface area contributed by atoms with Gasteiger partial charge in [0.05, 0.1) is 5.92 Å². The molecule has 2 aromatic rings. The molecule has 2 fully saturated rings. The van der Waals surface area contributed by atoms with Crippen molar-refractivity contribution in [2.24, 2.45) is 5.92 Å². The molecular weight excluding hydrogens is 428 g/mol. The highest BCUT2D eigenvalue weighted by atomic mass is 35.5. The SMILES string of the molecule is CC(C)N1CCC(Oc2ccc3cc(C(=O)N4CCC(C(=O)O)CC4)ccc3c2)CC1.Cl. The molecule has 0 unspecified atom stereocenters. The fourth-order valence-corrected chi connectivity index (χ4v) is 4.64. The Morgan fingerprint density at radius 2 is 1.56 bits per heavy atom. The molecule has 32 heavy (non-hydrogen) atoms. The van der Waals surface area contributed by atoms with E-state index >= 15 is 0 Å². The molecule has 7 heteroatoms. The zero-order valence-electron chi connectivity index (χ0n) is 18.8. The first-order chi connectivity index (χ1) is 14.9. The van der Waals surface area contributed by atoms with Crippen LogP contribution in [0.1, 0.15) is 49.9 Å². The van der Waals surface area contributed by atoms with Gasteiger partial charge in [0.15, 0.2) is 0 Å². The molecule has 0 aliphatic carbocycles. The third-order valence-corrected chi connectivity index (χ3v) is 6.70. The number of carbonyl (C=O) groups excluding carboxylic acids is 1. The largest absolute Gasteiger partial charge is 0.490 e. The number of fused-ring (bicyclic) bond motifs is 1. The first-order valence-electron chi connectivity index (χ1n) is 11.4. The zero-order valence-corrected chi connectivity index (χ0v) is 19.6. The van der Waals surface area contributed by atoms with Crippen molar-refractivity contribution < 1.29 is 19.4 Å². The summed E-state index contributed by atoms with van der Waals surface area (Å²) in [6.07, 6.45) is 3.38. The normalized spacial score (nSPS) is 18.5. The summed E-state index contributed by atoms with van der Waals surface area (Å²) >= 11 is 0. The van der Waals surface area contributed by atoms with E-state index in [1.807, 2.05) is 30.3 Å². The van der Waals surface area contributed by atoms with Crippen LogP contribution in [0, 0.1) is 5.92 Å². The minimum absolute atomic E-state index is 0. The van der Waals surface area contributed by atoms with Gasteiger partial charge in [-0.15, -0.1) is 12.4 Å². The lowest BCUT2D eigenvalue weighted by molar-refractivity contribution is -0.143. The van der Waals surface area contributed by atoms with Gasteiger partial charge in [0, 0.05) is 37.8 Å². The van der Waals surface area contributed by atoms with Crippen LogP contribution in [0.3, 0.4) is 0 Å². The second-order valence-electron chi connectivity index (χ2n) is 9.08. The summed E-state index contributed by atoms with van der Waals surface area (Å²) in [5, 5.41) is 11.2. The van der Waals surface area contributed by atoms with E-state index in [2.05, 4.69) is 24.8 Å². The van der Waals surface area contributed by atoms with E-state index in [0.717, 1.165) is 42.5 Å². The number of carboxylic acids is 1. The first kappa shape index (κ1) is 24.3. The lowest BCUT2D eigenvalue weighted by atomic mass is 9.96. The van der Waals surface area contributed by atoms with Crippen molar-refractivity contribution in [1.29, 1.82) is 0 Å². The number of hydrogen-bond acceptors (Lipinski definition) is 4. The minimum Gasteiger partial charge on any atom is -0.490 e. The standard InChI is InChI=1S/C25H32N2O4.ClH/c1-17(2)26-13-9-22(10-14-26)31-23-6-5-19-15-21(4-3-20(19)16-23)24(28)27-11-7-18(8-12-27)25(29)30;/h3-6,15-18,22H,7-14H2,1-2H3,(H,29,30);1H. The number of hydrogen-bond donors (Lipinski definition) is 1. The lowest BCUT2D eigenvalue weighted by Crippen LogP contribution is -2.41. The predicted molar refractivity (Wildman–Crippen MR) is 128 cm³/mol. The molecule has 0 atom stereocenters. The predicted octanol–water partition coefficient (Wildman–Crippen LogP) is 4.45. The Hall–Kier alpha value is -2.31. The molecule has 2 aromatic carbocycles. The van der Waals surface area contributed by atoms with E-state index in [4.69, 9.17) is 9.84 Å². The summed E-state index contributed by atoms with van der Waals surface area (Å²) < 4.78 is 6.24.